The van der Waals surface area contributed by atoms with Gasteiger partial charge in [0, 0.05) is 12.7 Å². The lowest BCUT2D eigenvalue weighted by molar-refractivity contribution is -0.114. The molecule has 2 aromatic heterocycles. The third-order valence-corrected chi connectivity index (χ3v) is 3.61. The Bertz CT molecular complexity index is 737. The molecule has 0 aliphatic carbocycles. The Morgan fingerprint density at radius 3 is 3.12 bits per heavy atom. The largest absolute Gasteiger partial charge is 0.443 e. The number of carbonyl (C=O) groups is 1. The van der Waals surface area contributed by atoms with Crippen LogP contribution in [0.2, 0.25) is 0 Å². The van der Waals surface area contributed by atoms with Crippen LogP contribution in [0, 0.1) is 0 Å². The molecule has 2 amide bonds. The molecule has 1 aliphatic heterocycles. The van der Waals surface area contributed by atoms with Crippen LogP contribution in [0.25, 0.3) is 17.3 Å². The third kappa shape index (κ3) is 3.09. The van der Waals surface area contributed by atoms with Crippen LogP contribution < -0.4 is 0 Å². The molecule has 0 aromatic carbocycles. The van der Waals surface area contributed by atoms with E-state index in [4.69, 9.17) is 9.25 Å². The van der Waals surface area contributed by atoms with E-state index in [1.54, 1.807) is 34.1 Å². The SMILES string of the molecule is C=CCON1C(=O)N(CC(=C)n2ccc(-c3ncco3)n2)CC1C. The lowest BCUT2D eigenvalue weighted by Crippen LogP contribution is -2.35. The molecule has 0 spiro atoms. The number of hydrogen-bond acceptors (Lipinski definition) is 5. The molecule has 3 heterocycles. The van der Waals surface area contributed by atoms with Crippen LogP contribution in [0.3, 0.4) is 0 Å². The number of rotatable bonds is 7. The Labute approximate surface area is 139 Å². The number of oxazole rings is 1. The van der Waals surface area contributed by atoms with Crippen LogP contribution in [0.1, 0.15) is 6.92 Å². The van der Waals surface area contributed by atoms with Crippen LogP contribution in [0.4, 0.5) is 4.79 Å². The van der Waals surface area contributed by atoms with Gasteiger partial charge in [-0.05, 0) is 13.0 Å². The van der Waals surface area contributed by atoms with Gasteiger partial charge in [-0.2, -0.15) is 10.2 Å². The maximum Gasteiger partial charge on any atom is 0.344 e. The second kappa shape index (κ2) is 6.71. The number of urea groups is 1. The molecule has 24 heavy (non-hydrogen) atoms. The number of hydroxylamine groups is 2. The van der Waals surface area contributed by atoms with Gasteiger partial charge in [-0.1, -0.05) is 12.7 Å². The Balaban J connectivity index is 1.65. The highest BCUT2D eigenvalue weighted by molar-refractivity contribution is 5.77. The fraction of sp³-hybridized carbons (Fsp3) is 0.312. The number of amides is 2. The van der Waals surface area contributed by atoms with Gasteiger partial charge in [0.1, 0.15) is 12.0 Å². The van der Waals surface area contributed by atoms with E-state index >= 15 is 0 Å². The molecule has 2 aromatic rings. The van der Waals surface area contributed by atoms with Crippen molar-refractivity contribution >= 4 is 11.7 Å². The smallest absolute Gasteiger partial charge is 0.344 e. The van der Waals surface area contributed by atoms with Crippen molar-refractivity contribution in [3.8, 4) is 11.6 Å². The van der Waals surface area contributed by atoms with Crippen LogP contribution in [-0.4, -0.2) is 56.5 Å². The highest BCUT2D eigenvalue weighted by Gasteiger charge is 2.35. The van der Waals surface area contributed by atoms with Gasteiger partial charge in [0.15, 0.2) is 0 Å². The lowest BCUT2D eigenvalue weighted by Gasteiger charge is -2.19. The van der Waals surface area contributed by atoms with Gasteiger partial charge in [-0.3, -0.25) is 4.84 Å². The van der Waals surface area contributed by atoms with E-state index in [9.17, 15) is 4.79 Å². The molecule has 8 heteroatoms. The minimum atomic E-state index is -0.189. The standard InChI is InChI=1S/C16H19N5O3/c1-4-8-24-21-13(3)11-19(16(21)22)10-12(2)20-7-5-14(18-20)15-17-6-9-23-15/h4-7,9,13H,1-2,8,10-11H2,3H3. The molecule has 1 atom stereocenters. The molecule has 0 N–H and O–H groups in total. The quantitative estimate of drug-likeness (QED) is 0.728. The van der Waals surface area contributed by atoms with Crippen LogP contribution >= 0.6 is 0 Å². The molecule has 8 nitrogen and oxygen atoms in total. The summed E-state index contributed by atoms with van der Waals surface area (Å²) in [6, 6.07) is 1.56. The summed E-state index contributed by atoms with van der Waals surface area (Å²) in [7, 11) is 0. The first-order valence-electron chi connectivity index (χ1n) is 7.55. The monoisotopic (exact) mass is 329 g/mol. The maximum atomic E-state index is 12.4. The summed E-state index contributed by atoms with van der Waals surface area (Å²) < 4.78 is 6.83. The third-order valence-electron chi connectivity index (χ3n) is 3.61. The summed E-state index contributed by atoms with van der Waals surface area (Å²) in [5.41, 5.74) is 1.28. The molecular weight excluding hydrogens is 310 g/mol. The van der Waals surface area contributed by atoms with E-state index in [1.165, 1.54) is 11.3 Å². The first kappa shape index (κ1) is 16.0. The van der Waals surface area contributed by atoms with Gasteiger partial charge in [-0.25, -0.2) is 14.5 Å². The molecule has 3 rings (SSSR count). The second-order valence-electron chi connectivity index (χ2n) is 5.47. The molecule has 0 saturated carbocycles. The van der Waals surface area contributed by atoms with Gasteiger partial charge in [0.2, 0.25) is 5.89 Å². The minimum absolute atomic E-state index is 0.0363. The summed E-state index contributed by atoms with van der Waals surface area (Å²) in [5.74, 6) is 0.441. The first-order valence-corrected chi connectivity index (χ1v) is 7.55. The van der Waals surface area contributed by atoms with Crippen molar-refractivity contribution in [3.05, 3.63) is 44.0 Å². The minimum Gasteiger partial charge on any atom is -0.443 e. The molecule has 0 radical (unpaired) electrons. The van der Waals surface area contributed by atoms with Crippen molar-refractivity contribution in [3.63, 3.8) is 0 Å². The first-order chi connectivity index (χ1) is 11.6. The number of hydrogen-bond donors (Lipinski definition) is 0. The Morgan fingerprint density at radius 1 is 1.58 bits per heavy atom. The van der Waals surface area contributed by atoms with Gasteiger partial charge < -0.3 is 9.32 Å². The van der Waals surface area contributed by atoms with E-state index in [2.05, 4.69) is 23.2 Å². The van der Waals surface area contributed by atoms with Crippen molar-refractivity contribution in [1.82, 2.24) is 24.7 Å². The van der Waals surface area contributed by atoms with E-state index in [0.29, 0.717) is 37.0 Å². The van der Waals surface area contributed by atoms with Crippen molar-refractivity contribution < 1.29 is 14.0 Å². The van der Waals surface area contributed by atoms with Crippen molar-refractivity contribution in [1.29, 1.82) is 0 Å². The van der Waals surface area contributed by atoms with Gasteiger partial charge in [0.25, 0.3) is 0 Å². The highest BCUT2D eigenvalue weighted by Crippen LogP contribution is 2.20. The zero-order valence-electron chi connectivity index (χ0n) is 13.5. The van der Waals surface area contributed by atoms with E-state index in [0.717, 1.165) is 0 Å². The number of nitrogens with zero attached hydrogens (tertiary/aromatic N) is 5. The average molecular weight is 329 g/mol. The van der Waals surface area contributed by atoms with Crippen LogP contribution in [0.15, 0.2) is 48.4 Å². The van der Waals surface area contributed by atoms with Crippen molar-refractivity contribution in [2.45, 2.75) is 13.0 Å². The summed E-state index contributed by atoms with van der Waals surface area (Å²) >= 11 is 0. The fourth-order valence-corrected chi connectivity index (χ4v) is 2.50. The maximum absolute atomic E-state index is 12.4. The summed E-state index contributed by atoms with van der Waals surface area (Å²) in [6.07, 6.45) is 6.42. The molecule has 1 fully saturated rings. The topological polar surface area (TPSA) is 76.6 Å². The zero-order valence-corrected chi connectivity index (χ0v) is 13.5. The Kier molecular flexibility index (Phi) is 4.48. The molecule has 1 unspecified atom stereocenters. The van der Waals surface area contributed by atoms with Crippen molar-refractivity contribution in [2.75, 3.05) is 19.7 Å². The molecule has 1 saturated heterocycles. The van der Waals surface area contributed by atoms with E-state index in [1.807, 2.05) is 6.92 Å². The van der Waals surface area contributed by atoms with E-state index < -0.39 is 0 Å². The van der Waals surface area contributed by atoms with Gasteiger partial charge >= 0.3 is 6.03 Å². The van der Waals surface area contributed by atoms with Crippen LogP contribution in [0.5, 0.6) is 0 Å². The van der Waals surface area contributed by atoms with E-state index in [-0.39, 0.29) is 12.1 Å². The van der Waals surface area contributed by atoms with Gasteiger partial charge in [0.05, 0.1) is 31.1 Å². The Morgan fingerprint density at radius 2 is 2.42 bits per heavy atom. The predicted molar refractivity (Wildman–Crippen MR) is 87.5 cm³/mol. The summed E-state index contributed by atoms with van der Waals surface area (Å²) in [5, 5.41) is 5.74. The molecule has 0 bridgehead atoms. The second-order valence-corrected chi connectivity index (χ2v) is 5.47. The fourth-order valence-electron chi connectivity index (χ4n) is 2.50. The van der Waals surface area contributed by atoms with Crippen molar-refractivity contribution in [2.24, 2.45) is 0 Å². The Hall–Kier alpha value is -2.87. The summed E-state index contributed by atoms with van der Waals surface area (Å²) in [6.45, 7) is 10.7. The van der Waals surface area contributed by atoms with Gasteiger partial charge in [-0.15, -0.1) is 6.58 Å². The number of aromatic nitrogens is 3. The highest BCUT2D eigenvalue weighted by atomic mass is 16.7. The summed E-state index contributed by atoms with van der Waals surface area (Å²) in [4.78, 5) is 23.5. The normalized spacial score (nSPS) is 17.5. The molecule has 126 valence electrons. The number of carbonyl (C=O) groups excluding carboxylic acids is 1. The molecule has 1 aliphatic rings. The molecular formula is C16H19N5O3. The van der Waals surface area contributed by atoms with Crippen LogP contribution in [-0.2, 0) is 4.84 Å². The zero-order chi connectivity index (χ0) is 17.1. The lowest BCUT2D eigenvalue weighted by atomic mass is 10.3. The predicted octanol–water partition coefficient (Wildman–Crippen LogP) is 2.25. The average Bonchev–Trinajstić information content (AvgIpc) is 3.28.